The van der Waals surface area contributed by atoms with E-state index >= 15 is 0 Å². The first kappa shape index (κ1) is 14.4. The van der Waals surface area contributed by atoms with Gasteiger partial charge in [-0.3, -0.25) is 0 Å². The van der Waals surface area contributed by atoms with Crippen LogP contribution in [-0.4, -0.2) is 18.1 Å². The van der Waals surface area contributed by atoms with Crippen LogP contribution in [0.25, 0.3) is 0 Å². The molecule has 1 atom stereocenters. The van der Waals surface area contributed by atoms with E-state index in [1.165, 1.54) is 12.0 Å². The number of benzene rings is 1. The summed E-state index contributed by atoms with van der Waals surface area (Å²) in [4.78, 5) is 0. The predicted molar refractivity (Wildman–Crippen MR) is 78.5 cm³/mol. The smallest absolute Gasteiger partial charge is 0.0410 e. The third-order valence-corrected chi connectivity index (χ3v) is 4.50. The molecular weight excluding hydrogens is 306 g/mol. The monoisotopic (exact) mass is 321 g/mol. The maximum atomic E-state index is 5.95. The zero-order chi connectivity index (χ0) is 12.0. The third-order valence-electron chi connectivity index (χ3n) is 2.45. The maximum Gasteiger partial charge on any atom is 0.0410 e. The van der Waals surface area contributed by atoms with Crippen LogP contribution in [0.3, 0.4) is 0 Å². The molecule has 0 fully saturated rings. The largest absolute Gasteiger partial charge is 0.313 e. The molecule has 90 valence electrons. The molecule has 1 rings (SSSR count). The highest BCUT2D eigenvalue weighted by atomic mass is 79.9. The zero-order valence-electron chi connectivity index (χ0n) is 9.59. The van der Waals surface area contributed by atoms with Crippen LogP contribution in [-0.2, 0) is 6.54 Å². The molecule has 1 aromatic carbocycles. The third kappa shape index (κ3) is 5.09. The minimum absolute atomic E-state index is 0.718. The van der Waals surface area contributed by atoms with Crippen molar-refractivity contribution >= 4 is 39.3 Å². The normalized spacial score (nSPS) is 12.8. The summed E-state index contributed by atoms with van der Waals surface area (Å²) in [5, 5.41) is 4.94. The SMILES string of the molecule is CSC(C)CCNCc1cc(Cl)ccc1Br. The Morgan fingerprint density at radius 1 is 1.50 bits per heavy atom. The number of halogens is 2. The summed E-state index contributed by atoms with van der Waals surface area (Å²) in [6.07, 6.45) is 3.34. The highest BCUT2D eigenvalue weighted by Crippen LogP contribution is 2.20. The van der Waals surface area contributed by atoms with Crippen molar-refractivity contribution in [2.24, 2.45) is 0 Å². The van der Waals surface area contributed by atoms with Crippen molar-refractivity contribution in [2.75, 3.05) is 12.8 Å². The van der Waals surface area contributed by atoms with Crippen molar-refractivity contribution < 1.29 is 0 Å². The van der Waals surface area contributed by atoms with E-state index in [1.54, 1.807) is 0 Å². The molecule has 4 heteroatoms. The van der Waals surface area contributed by atoms with Crippen molar-refractivity contribution in [3.05, 3.63) is 33.3 Å². The van der Waals surface area contributed by atoms with Gasteiger partial charge in [-0.1, -0.05) is 34.5 Å². The van der Waals surface area contributed by atoms with Crippen LogP contribution < -0.4 is 5.32 Å². The summed E-state index contributed by atoms with van der Waals surface area (Å²) in [5.41, 5.74) is 1.21. The van der Waals surface area contributed by atoms with Gasteiger partial charge in [-0.05, 0) is 43.0 Å². The Bertz CT molecular complexity index is 333. The molecule has 0 bridgehead atoms. The van der Waals surface area contributed by atoms with Crippen LogP contribution in [0, 0.1) is 0 Å². The molecule has 0 saturated heterocycles. The van der Waals surface area contributed by atoms with Crippen LogP contribution in [0.5, 0.6) is 0 Å². The van der Waals surface area contributed by atoms with E-state index in [0.717, 1.165) is 27.8 Å². The van der Waals surface area contributed by atoms with E-state index in [4.69, 9.17) is 11.6 Å². The molecule has 0 spiro atoms. The lowest BCUT2D eigenvalue weighted by Gasteiger charge is -2.10. The zero-order valence-corrected chi connectivity index (χ0v) is 12.8. The summed E-state index contributed by atoms with van der Waals surface area (Å²) in [7, 11) is 0. The van der Waals surface area contributed by atoms with Gasteiger partial charge in [0.1, 0.15) is 0 Å². The van der Waals surface area contributed by atoms with Gasteiger partial charge >= 0.3 is 0 Å². The molecule has 0 heterocycles. The van der Waals surface area contributed by atoms with Crippen molar-refractivity contribution in [1.82, 2.24) is 5.32 Å². The molecule has 0 saturated carbocycles. The fourth-order valence-electron chi connectivity index (χ4n) is 1.33. The minimum atomic E-state index is 0.718. The number of hydrogen-bond acceptors (Lipinski definition) is 2. The van der Waals surface area contributed by atoms with E-state index in [2.05, 4.69) is 34.4 Å². The van der Waals surface area contributed by atoms with Crippen LogP contribution in [0.2, 0.25) is 5.02 Å². The van der Waals surface area contributed by atoms with Gasteiger partial charge in [-0.25, -0.2) is 0 Å². The van der Waals surface area contributed by atoms with E-state index in [-0.39, 0.29) is 0 Å². The lowest BCUT2D eigenvalue weighted by molar-refractivity contribution is 0.647. The van der Waals surface area contributed by atoms with Crippen molar-refractivity contribution in [2.45, 2.75) is 25.1 Å². The topological polar surface area (TPSA) is 12.0 Å². The average molecular weight is 323 g/mol. The number of thioether (sulfide) groups is 1. The lowest BCUT2D eigenvalue weighted by Crippen LogP contribution is -2.17. The van der Waals surface area contributed by atoms with Gasteiger partial charge in [-0.15, -0.1) is 0 Å². The van der Waals surface area contributed by atoms with Gasteiger partial charge in [0.25, 0.3) is 0 Å². The molecule has 0 aliphatic rings. The van der Waals surface area contributed by atoms with Crippen LogP contribution in [0.15, 0.2) is 22.7 Å². The number of hydrogen-bond donors (Lipinski definition) is 1. The van der Waals surface area contributed by atoms with E-state index in [9.17, 15) is 0 Å². The first-order valence-electron chi connectivity index (χ1n) is 5.31. The number of nitrogens with one attached hydrogen (secondary N) is 1. The fraction of sp³-hybridized carbons (Fsp3) is 0.500. The standard InChI is InChI=1S/C12H17BrClNS/c1-9(16-2)5-6-15-8-10-7-11(14)3-4-12(10)13/h3-4,7,9,15H,5-6,8H2,1-2H3. The molecule has 1 nitrogen and oxygen atoms in total. The van der Waals surface area contributed by atoms with E-state index in [1.807, 2.05) is 30.0 Å². The van der Waals surface area contributed by atoms with Gasteiger partial charge in [0.15, 0.2) is 0 Å². The van der Waals surface area contributed by atoms with Gasteiger partial charge in [0.05, 0.1) is 0 Å². The van der Waals surface area contributed by atoms with E-state index in [0.29, 0.717) is 0 Å². The Balaban J connectivity index is 2.34. The molecule has 1 N–H and O–H groups in total. The highest BCUT2D eigenvalue weighted by Gasteiger charge is 2.02. The molecule has 0 aromatic heterocycles. The Kier molecular flexibility index (Phi) is 6.81. The van der Waals surface area contributed by atoms with Gasteiger partial charge in [-0.2, -0.15) is 11.8 Å². The molecule has 0 radical (unpaired) electrons. The summed E-state index contributed by atoms with van der Waals surface area (Å²) in [6, 6.07) is 5.88. The van der Waals surface area contributed by atoms with Crippen molar-refractivity contribution in [3.8, 4) is 0 Å². The Hall–Kier alpha value is 0.300. The van der Waals surface area contributed by atoms with Crippen LogP contribution in [0.4, 0.5) is 0 Å². The van der Waals surface area contributed by atoms with Gasteiger partial charge in [0, 0.05) is 21.3 Å². The molecule has 1 unspecified atom stereocenters. The fourth-order valence-corrected chi connectivity index (χ4v) is 2.26. The molecule has 1 aromatic rings. The first-order valence-corrected chi connectivity index (χ1v) is 7.77. The lowest BCUT2D eigenvalue weighted by atomic mass is 10.2. The summed E-state index contributed by atoms with van der Waals surface area (Å²) in [5.74, 6) is 0. The Morgan fingerprint density at radius 2 is 2.25 bits per heavy atom. The van der Waals surface area contributed by atoms with Gasteiger partial charge in [0.2, 0.25) is 0 Å². The maximum absolute atomic E-state index is 5.95. The Morgan fingerprint density at radius 3 is 2.94 bits per heavy atom. The molecule has 16 heavy (non-hydrogen) atoms. The second-order valence-electron chi connectivity index (χ2n) is 3.75. The predicted octanol–water partition coefficient (Wildman–Crippen LogP) is 4.33. The molecular formula is C12H17BrClNS. The molecule has 0 aliphatic carbocycles. The summed E-state index contributed by atoms with van der Waals surface area (Å²) >= 11 is 11.4. The Labute approximate surface area is 115 Å². The molecule has 0 amide bonds. The summed E-state index contributed by atoms with van der Waals surface area (Å²) < 4.78 is 1.11. The first-order chi connectivity index (χ1) is 7.63. The quantitative estimate of drug-likeness (QED) is 0.782. The van der Waals surface area contributed by atoms with Crippen LogP contribution >= 0.6 is 39.3 Å². The second-order valence-corrected chi connectivity index (χ2v) is 6.31. The highest BCUT2D eigenvalue weighted by molar-refractivity contribution is 9.10. The van der Waals surface area contributed by atoms with Crippen molar-refractivity contribution in [3.63, 3.8) is 0 Å². The van der Waals surface area contributed by atoms with Gasteiger partial charge < -0.3 is 5.32 Å². The summed E-state index contributed by atoms with van der Waals surface area (Å²) in [6.45, 7) is 4.16. The molecule has 0 aliphatic heterocycles. The van der Waals surface area contributed by atoms with Crippen LogP contribution in [0.1, 0.15) is 18.9 Å². The minimum Gasteiger partial charge on any atom is -0.313 e. The van der Waals surface area contributed by atoms with E-state index < -0.39 is 0 Å². The van der Waals surface area contributed by atoms with Crippen molar-refractivity contribution in [1.29, 1.82) is 0 Å². The number of rotatable bonds is 6. The second kappa shape index (κ2) is 7.59. The average Bonchev–Trinajstić information content (AvgIpc) is 2.28.